The summed E-state index contributed by atoms with van der Waals surface area (Å²) < 4.78 is 5.21. The first kappa shape index (κ1) is 17.2. The lowest BCUT2D eigenvalue weighted by Crippen LogP contribution is -2.48. The zero-order valence-electron chi connectivity index (χ0n) is 13.4. The number of nitrogens with zero attached hydrogens (tertiary/aromatic N) is 3. The Kier molecular flexibility index (Phi) is 4.29. The van der Waals surface area contributed by atoms with E-state index in [0.717, 1.165) is 38.5 Å². The van der Waals surface area contributed by atoms with Gasteiger partial charge in [0.25, 0.3) is 5.91 Å². The summed E-state index contributed by atoms with van der Waals surface area (Å²) in [5, 5.41) is 6.80. The van der Waals surface area contributed by atoms with Gasteiger partial charge >= 0.3 is 6.03 Å². The lowest BCUT2D eigenvalue weighted by molar-refractivity contribution is -0.133. The molecule has 3 amide bonds. The summed E-state index contributed by atoms with van der Waals surface area (Å²) in [6, 6.07) is -0.372. The van der Waals surface area contributed by atoms with Gasteiger partial charge in [-0.1, -0.05) is 24.4 Å². The second-order valence-corrected chi connectivity index (χ2v) is 6.99. The van der Waals surface area contributed by atoms with Gasteiger partial charge in [-0.15, -0.1) is 12.4 Å². The molecule has 3 fully saturated rings. The van der Waals surface area contributed by atoms with Crippen molar-refractivity contribution in [3.05, 3.63) is 11.7 Å². The summed E-state index contributed by atoms with van der Waals surface area (Å²) in [6.45, 7) is 0.00942. The predicted molar refractivity (Wildman–Crippen MR) is 86.2 cm³/mol. The average molecular weight is 356 g/mol. The maximum Gasteiger partial charge on any atom is 0.325 e. The number of hydrogen-bond donors (Lipinski definition) is 2. The van der Waals surface area contributed by atoms with Gasteiger partial charge in [0.05, 0.1) is 5.54 Å². The maximum absolute atomic E-state index is 12.7. The highest BCUT2D eigenvalue weighted by Crippen LogP contribution is 2.37. The number of nitrogens with two attached hydrogens (primary N) is 1. The van der Waals surface area contributed by atoms with Crippen molar-refractivity contribution in [1.82, 2.24) is 20.4 Å². The summed E-state index contributed by atoms with van der Waals surface area (Å²) in [5.41, 5.74) is 4.94. The molecule has 2 aliphatic carbocycles. The van der Waals surface area contributed by atoms with E-state index in [9.17, 15) is 9.59 Å². The first-order valence-corrected chi connectivity index (χ1v) is 8.29. The van der Waals surface area contributed by atoms with Crippen molar-refractivity contribution in [2.45, 2.75) is 69.0 Å². The van der Waals surface area contributed by atoms with Crippen molar-refractivity contribution in [3.63, 3.8) is 0 Å². The van der Waals surface area contributed by atoms with Crippen LogP contribution in [0.1, 0.15) is 63.1 Å². The van der Waals surface area contributed by atoms with Crippen LogP contribution in [0.15, 0.2) is 4.52 Å². The molecular formula is C15H22ClN5O3. The van der Waals surface area contributed by atoms with Crippen LogP contribution in [0.25, 0.3) is 0 Å². The van der Waals surface area contributed by atoms with Gasteiger partial charge in [-0.3, -0.25) is 9.69 Å². The zero-order chi connectivity index (χ0) is 16.1. The number of urea groups is 1. The monoisotopic (exact) mass is 355 g/mol. The standard InChI is InChI=1S/C15H21N5O3.ClH/c16-14(5-4-6-14)11-17-10(23-19-11)9-20-12(21)15(18-13(20)22)7-2-1-3-8-15;/h1-9,16H2,(H,18,22);1H. The minimum atomic E-state index is -0.721. The molecule has 2 heterocycles. The van der Waals surface area contributed by atoms with E-state index in [0.29, 0.717) is 18.7 Å². The molecule has 1 aliphatic heterocycles. The Hall–Kier alpha value is -1.67. The Morgan fingerprint density at radius 1 is 1.12 bits per heavy atom. The fraction of sp³-hybridized carbons (Fsp3) is 0.733. The van der Waals surface area contributed by atoms with E-state index in [4.69, 9.17) is 10.3 Å². The van der Waals surface area contributed by atoms with Crippen LogP contribution in [0.2, 0.25) is 0 Å². The highest BCUT2D eigenvalue weighted by molar-refractivity contribution is 6.06. The molecule has 1 saturated heterocycles. The van der Waals surface area contributed by atoms with E-state index in [1.807, 2.05) is 0 Å². The normalized spacial score (nSPS) is 24.5. The highest BCUT2D eigenvalue weighted by atomic mass is 35.5. The Bertz CT molecular complexity index is 651. The number of carbonyl (C=O) groups is 2. The molecule has 9 heteroatoms. The molecule has 132 valence electrons. The molecule has 0 unspecified atom stereocenters. The summed E-state index contributed by atoms with van der Waals surface area (Å²) in [4.78, 5) is 30.4. The molecule has 3 aliphatic rings. The molecule has 4 rings (SSSR count). The maximum atomic E-state index is 12.7. The smallest absolute Gasteiger partial charge is 0.325 e. The number of carbonyl (C=O) groups excluding carboxylic acids is 2. The van der Waals surface area contributed by atoms with E-state index in [1.165, 1.54) is 4.90 Å². The van der Waals surface area contributed by atoms with Gasteiger partial charge in [-0.05, 0) is 32.1 Å². The Morgan fingerprint density at radius 3 is 2.46 bits per heavy atom. The molecule has 0 atom stereocenters. The van der Waals surface area contributed by atoms with Crippen molar-refractivity contribution >= 4 is 24.3 Å². The van der Waals surface area contributed by atoms with E-state index in [2.05, 4.69) is 15.5 Å². The average Bonchev–Trinajstić information content (AvgIpc) is 3.06. The van der Waals surface area contributed by atoms with E-state index in [-0.39, 0.29) is 36.8 Å². The van der Waals surface area contributed by atoms with Crippen LogP contribution in [-0.4, -0.2) is 32.5 Å². The van der Waals surface area contributed by atoms with Crippen molar-refractivity contribution in [1.29, 1.82) is 0 Å². The zero-order valence-corrected chi connectivity index (χ0v) is 14.2. The number of rotatable bonds is 3. The summed E-state index contributed by atoms with van der Waals surface area (Å²) in [7, 11) is 0. The van der Waals surface area contributed by atoms with Crippen LogP contribution >= 0.6 is 12.4 Å². The van der Waals surface area contributed by atoms with Gasteiger partial charge in [0, 0.05) is 0 Å². The second kappa shape index (κ2) is 6.00. The fourth-order valence-corrected chi connectivity index (χ4v) is 3.75. The Morgan fingerprint density at radius 2 is 1.83 bits per heavy atom. The van der Waals surface area contributed by atoms with Crippen molar-refractivity contribution in [2.75, 3.05) is 0 Å². The van der Waals surface area contributed by atoms with E-state index >= 15 is 0 Å². The molecule has 1 aromatic heterocycles. The van der Waals surface area contributed by atoms with Crippen LogP contribution in [0.4, 0.5) is 4.79 Å². The SMILES string of the molecule is Cl.NC1(c2noc(CN3C(=O)NC4(CCCCC4)C3=O)n2)CCC1. The lowest BCUT2D eigenvalue weighted by atomic mass is 9.77. The highest BCUT2D eigenvalue weighted by Gasteiger charge is 2.51. The fourth-order valence-electron chi connectivity index (χ4n) is 3.75. The third-order valence-corrected chi connectivity index (χ3v) is 5.41. The number of amides is 3. The molecule has 1 aromatic rings. The summed E-state index contributed by atoms with van der Waals surface area (Å²) in [5.74, 6) is 0.555. The van der Waals surface area contributed by atoms with Gasteiger partial charge in [-0.2, -0.15) is 4.98 Å². The molecule has 0 bridgehead atoms. The molecule has 2 saturated carbocycles. The third-order valence-electron chi connectivity index (χ3n) is 5.41. The predicted octanol–water partition coefficient (Wildman–Crippen LogP) is 1.58. The Balaban J connectivity index is 0.00000169. The van der Waals surface area contributed by atoms with Crippen LogP contribution in [0.3, 0.4) is 0 Å². The minimum Gasteiger partial charge on any atom is -0.337 e. The number of hydrogen-bond acceptors (Lipinski definition) is 6. The molecule has 8 nitrogen and oxygen atoms in total. The topological polar surface area (TPSA) is 114 Å². The third kappa shape index (κ3) is 2.57. The number of imide groups is 1. The van der Waals surface area contributed by atoms with Gasteiger partial charge in [0.1, 0.15) is 12.1 Å². The first-order chi connectivity index (χ1) is 11.0. The van der Waals surface area contributed by atoms with Crippen LogP contribution in [0.5, 0.6) is 0 Å². The molecule has 0 radical (unpaired) electrons. The molecule has 3 N–H and O–H groups in total. The van der Waals surface area contributed by atoms with Crippen LogP contribution in [0, 0.1) is 0 Å². The van der Waals surface area contributed by atoms with Gasteiger partial charge in [0.2, 0.25) is 5.89 Å². The van der Waals surface area contributed by atoms with Gasteiger partial charge in [0.15, 0.2) is 5.82 Å². The molecule has 1 spiro atoms. The molecular weight excluding hydrogens is 334 g/mol. The lowest BCUT2D eigenvalue weighted by Gasteiger charge is -2.34. The van der Waals surface area contributed by atoms with Gasteiger partial charge < -0.3 is 15.6 Å². The van der Waals surface area contributed by atoms with Crippen LogP contribution in [-0.2, 0) is 16.9 Å². The number of aromatic nitrogens is 2. The first-order valence-electron chi connectivity index (χ1n) is 8.29. The number of nitrogens with one attached hydrogen (secondary N) is 1. The molecule has 24 heavy (non-hydrogen) atoms. The van der Waals surface area contributed by atoms with Crippen molar-refractivity contribution in [2.24, 2.45) is 5.73 Å². The summed E-state index contributed by atoms with van der Waals surface area (Å²) in [6.07, 6.45) is 7.15. The van der Waals surface area contributed by atoms with Crippen molar-refractivity contribution < 1.29 is 14.1 Å². The van der Waals surface area contributed by atoms with E-state index < -0.39 is 11.1 Å². The quantitative estimate of drug-likeness (QED) is 0.795. The minimum absolute atomic E-state index is 0. The molecule has 0 aromatic carbocycles. The second-order valence-electron chi connectivity index (χ2n) is 6.99. The summed E-state index contributed by atoms with van der Waals surface area (Å²) >= 11 is 0. The van der Waals surface area contributed by atoms with Crippen molar-refractivity contribution in [3.8, 4) is 0 Å². The van der Waals surface area contributed by atoms with Gasteiger partial charge in [-0.25, -0.2) is 4.79 Å². The largest absolute Gasteiger partial charge is 0.337 e. The number of halogens is 1. The van der Waals surface area contributed by atoms with E-state index in [1.54, 1.807) is 0 Å². The Labute approximate surface area is 145 Å². The van der Waals surface area contributed by atoms with Crippen LogP contribution < -0.4 is 11.1 Å².